The standard InChI is InChI=1S/C13H17NOS/c1-9-6-10(2)14-13(7-9)16-12-5-3-4-11(15)8-12/h6-7,12H,3-5,8H2,1-2H3. The predicted octanol–water partition coefficient (Wildman–Crippen LogP) is 3.30. The number of hydrogen-bond donors (Lipinski definition) is 0. The lowest BCUT2D eigenvalue weighted by molar-refractivity contribution is -0.120. The molecule has 0 N–H and O–H groups in total. The van der Waals surface area contributed by atoms with Gasteiger partial charge in [0.15, 0.2) is 0 Å². The van der Waals surface area contributed by atoms with Crippen LogP contribution in [0.2, 0.25) is 0 Å². The van der Waals surface area contributed by atoms with Crippen LogP contribution in [-0.2, 0) is 4.79 Å². The second kappa shape index (κ2) is 5.00. The van der Waals surface area contributed by atoms with Crippen LogP contribution in [0.3, 0.4) is 0 Å². The minimum atomic E-state index is 0.410. The number of Topliss-reactive ketones (excluding diaryl/α,β-unsaturated/α-hetero) is 1. The zero-order chi connectivity index (χ0) is 11.5. The number of nitrogens with zero attached hydrogens (tertiary/aromatic N) is 1. The Kier molecular flexibility index (Phi) is 3.64. The van der Waals surface area contributed by atoms with Gasteiger partial charge in [0.05, 0.1) is 5.03 Å². The highest BCUT2D eigenvalue weighted by Gasteiger charge is 2.20. The average molecular weight is 235 g/mol. The van der Waals surface area contributed by atoms with Gasteiger partial charge in [0.2, 0.25) is 0 Å². The van der Waals surface area contributed by atoms with Gasteiger partial charge in [0.25, 0.3) is 0 Å². The molecule has 1 heterocycles. The maximum atomic E-state index is 11.4. The van der Waals surface area contributed by atoms with Crippen LogP contribution in [0.25, 0.3) is 0 Å². The molecular formula is C13H17NOS. The van der Waals surface area contributed by atoms with Crippen LogP contribution in [0.4, 0.5) is 0 Å². The molecular weight excluding hydrogens is 218 g/mol. The van der Waals surface area contributed by atoms with Crippen molar-refractivity contribution in [2.45, 2.75) is 49.8 Å². The largest absolute Gasteiger partial charge is 0.300 e. The monoisotopic (exact) mass is 235 g/mol. The van der Waals surface area contributed by atoms with Gasteiger partial charge in [-0.3, -0.25) is 4.79 Å². The summed E-state index contributed by atoms with van der Waals surface area (Å²) in [6, 6.07) is 4.19. The van der Waals surface area contributed by atoms with Crippen LogP contribution in [-0.4, -0.2) is 16.0 Å². The summed E-state index contributed by atoms with van der Waals surface area (Å²) < 4.78 is 0. The van der Waals surface area contributed by atoms with Crippen molar-refractivity contribution in [3.8, 4) is 0 Å². The van der Waals surface area contributed by atoms with Crippen LogP contribution >= 0.6 is 11.8 Å². The lowest BCUT2D eigenvalue weighted by Crippen LogP contribution is -2.16. The van der Waals surface area contributed by atoms with Gasteiger partial charge in [0, 0.05) is 23.8 Å². The highest BCUT2D eigenvalue weighted by molar-refractivity contribution is 7.99. The first kappa shape index (κ1) is 11.6. The van der Waals surface area contributed by atoms with Crippen molar-refractivity contribution >= 4 is 17.5 Å². The van der Waals surface area contributed by atoms with Crippen molar-refractivity contribution < 1.29 is 4.79 Å². The van der Waals surface area contributed by atoms with E-state index in [0.717, 1.165) is 36.4 Å². The van der Waals surface area contributed by atoms with Crippen molar-refractivity contribution in [3.63, 3.8) is 0 Å². The lowest BCUT2D eigenvalue weighted by Gasteiger charge is -2.19. The second-order valence-electron chi connectivity index (χ2n) is 4.50. The van der Waals surface area contributed by atoms with Gasteiger partial charge in [-0.15, -0.1) is 11.8 Å². The van der Waals surface area contributed by atoms with Gasteiger partial charge in [-0.05, 0) is 44.4 Å². The van der Waals surface area contributed by atoms with E-state index in [-0.39, 0.29) is 0 Å². The molecule has 1 aromatic rings. The lowest BCUT2D eigenvalue weighted by atomic mass is 9.99. The first-order valence-electron chi connectivity index (χ1n) is 5.77. The number of pyridine rings is 1. The van der Waals surface area contributed by atoms with E-state index < -0.39 is 0 Å². The third kappa shape index (κ3) is 3.08. The van der Waals surface area contributed by atoms with Crippen molar-refractivity contribution in [2.24, 2.45) is 0 Å². The van der Waals surface area contributed by atoms with Crippen molar-refractivity contribution in [3.05, 3.63) is 23.4 Å². The van der Waals surface area contributed by atoms with Gasteiger partial charge in [-0.2, -0.15) is 0 Å². The Balaban J connectivity index is 2.05. The minimum absolute atomic E-state index is 0.410. The molecule has 1 saturated carbocycles. The predicted molar refractivity (Wildman–Crippen MR) is 66.8 cm³/mol. The summed E-state index contributed by atoms with van der Waals surface area (Å²) in [5.41, 5.74) is 2.31. The molecule has 0 aliphatic heterocycles. The summed E-state index contributed by atoms with van der Waals surface area (Å²) in [5, 5.41) is 1.51. The normalized spacial score (nSPS) is 21.1. The van der Waals surface area contributed by atoms with Crippen LogP contribution in [0.1, 0.15) is 36.9 Å². The van der Waals surface area contributed by atoms with E-state index >= 15 is 0 Å². The van der Waals surface area contributed by atoms with E-state index in [9.17, 15) is 4.79 Å². The van der Waals surface area contributed by atoms with Crippen LogP contribution in [0, 0.1) is 13.8 Å². The molecule has 1 unspecified atom stereocenters. The highest BCUT2D eigenvalue weighted by atomic mass is 32.2. The zero-order valence-electron chi connectivity index (χ0n) is 9.82. The summed E-state index contributed by atoms with van der Waals surface area (Å²) in [4.78, 5) is 15.9. The number of thioether (sulfide) groups is 1. The molecule has 3 heteroatoms. The van der Waals surface area contributed by atoms with Crippen LogP contribution < -0.4 is 0 Å². The Hall–Kier alpha value is -0.830. The Morgan fingerprint density at radius 3 is 2.88 bits per heavy atom. The number of rotatable bonds is 2. The van der Waals surface area contributed by atoms with E-state index in [0.29, 0.717) is 11.0 Å². The summed E-state index contributed by atoms with van der Waals surface area (Å²) in [5.74, 6) is 0.410. The Morgan fingerprint density at radius 1 is 1.38 bits per heavy atom. The molecule has 1 atom stereocenters. The summed E-state index contributed by atoms with van der Waals surface area (Å²) >= 11 is 1.76. The van der Waals surface area contributed by atoms with Crippen molar-refractivity contribution in [2.75, 3.05) is 0 Å². The third-order valence-electron chi connectivity index (χ3n) is 2.80. The second-order valence-corrected chi connectivity index (χ2v) is 5.82. The van der Waals surface area contributed by atoms with Crippen LogP contribution in [0.15, 0.2) is 17.2 Å². The Bertz CT molecular complexity index is 383. The molecule has 0 aromatic carbocycles. The number of ketones is 1. The molecule has 0 saturated heterocycles. The molecule has 1 aromatic heterocycles. The molecule has 1 aliphatic rings. The summed E-state index contributed by atoms with van der Waals surface area (Å²) in [7, 11) is 0. The summed E-state index contributed by atoms with van der Waals surface area (Å²) in [6.45, 7) is 4.11. The molecule has 16 heavy (non-hydrogen) atoms. The van der Waals surface area contributed by atoms with E-state index in [4.69, 9.17) is 0 Å². The van der Waals surface area contributed by atoms with E-state index in [1.165, 1.54) is 5.56 Å². The van der Waals surface area contributed by atoms with Gasteiger partial charge in [-0.25, -0.2) is 4.98 Å². The first-order valence-corrected chi connectivity index (χ1v) is 6.65. The molecule has 0 radical (unpaired) electrons. The molecule has 1 aliphatic carbocycles. The van der Waals surface area contributed by atoms with Gasteiger partial charge in [-0.1, -0.05) is 0 Å². The number of carbonyl (C=O) groups is 1. The maximum absolute atomic E-state index is 11.4. The van der Waals surface area contributed by atoms with Crippen molar-refractivity contribution in [1.82, 2.24) is 4.98 Å². The fraction of sp³-hybridized carbons (Fsp3) is 0.538. The SMILES string of the molecule is Cc1cc(C)nc(SC2CCCC(=O)C2)c1. The van der Waals surface area contributed by atoms with Crippen molar-refractivity contribution in [1.29, 1.82) is 0 Å². The molecule has 2 rings (SSSR count). The van der Waals surface area contributed by atoms with Gasteiger partial charge in [0.1, 0.15) is 5.78 Å². The van der Waals surface area contributed by atoms with Gasteiger partial charge >= 0.3 is 0 Å². The minimum Gasteiger partial charge on any atom is -0.300 e. The topological polar surface area (TPSA) is 30.0 Å². The quantitative estimate of drug-likeness (QED) is 0.787. The highest BCUT2D eigenvalue weighted by Crippen LogP contribution is 2.31. The number of aryl methyl sites for hydroxylation is 2. The Morgan fingerprint density at radius 2 is 2.19 bits per heavy atom. The molecule has 0 bridgehead atoms. The average Bonchev–Trinajstić information content (AvgIpc) is 2.15. The smallest absolute Gasteiger partial charge is 0.134 e. The molecule has 0 spiro atoms. The fourth-order valence-electron chi connectivity index (χ4n) is 2.12. The van der Waals surface area contributed by atoms with E-state index in [1.54, 1.807) is 11.8 Å². The first-order chi connectivity index (χ1) is 7.63. The number of hydrogen-bond acceptors (Lipinski definition) is 3. The van der Waals surface area contributed by atoms with Gasteiger partial charge < -0.3 is 0 Å². The Labute approximate surface area is 101 Å². The van der Waals surface area contributed by atoms with E-state index in [1.807, 2.05) is 6.92 Å². The summed E-state index contributed by atoms with van der Waals surface area (Å²) in [6.07, 6.45) is 3.68. The zero-order valence-corrected chi connectivity index (χ0v) is 10.6. The fourth-order valence-corrected chi connectivity index (χ4v) is 3.47. The maximum Gasteiger partial charge on any atom is 0.134 e. The molecule has 86 valence electrons. The number of aromatic nitrogens is 1. The molecule has 1 fully saturated rings. The third-order valence-corrected chi connectivity index (χ3v) is 3.99. The van der Waals surface area contributed by atoms with Crippen LogP contribution in [0.5, 0.6) is 0 Å². The molecule has 0 amide bonds. The number of carbonyl (C=O) groups excluding carboxylic acids is 1. The van der Waals surface area contributed by atoms with E-state index in [2.05, 4.69) is 24.0 Å². The molecule has 2 nitrogen and oxygen atoms in total.